The predicted molar refractivity (Wildman–Crippen MR) is 148 cm³/mol. The van der Waals surface area contributed by atoms with E-state index in [2.05, 4.69) is 0 Å². The minimum absolute atomic E-state index is 0.142. The Bertz CT molecular complexity index is 1620. The molecule has 4 rings (SSSR count). The van der Waals surface area contributed by atoms with Crippen LogP contribution in [0.4, 0.5) is 23.2 Å². The largest absolute Gasteiger partial charge is 0.479 e. The Hall–Kier alpha value is -3.41. The van der Waals surface area contributed by atoms with E-state index < -0.39 is 50.2 Å². The van der Waals surface area contributed by atoms with Crippen LogP contribution in [0.3, 0.4) is 0 Å². The lowest BCUT2D eigenvalue weighted by Gasteiger charge is -2.38. The molecule has 0 saturated carbocycles. The Kier molecular flexibility index (Phi) is 8.28. The average molecular weight is 612 g/mol. The molecule has 0 fully saturated rings. The summed E-state index contributed by atoms with van der Waals surface area (Å²) in [6.45, 7) is 3.92. The van der Waals surface area contributed by atoms with E-state index in [9.17, 15) is 35.9 Å². The zero-order valence-electron chi connectivity index (χ0n) is 22.2. The lowest BCUT2D eigenvalue weighted by molar-refractivity contribution is -0.167. The molecular weight excluding hydrogens is 586 g/mol. The summed E-state index contributed by atoms with van der Waals surface area (Å²) >= 11 is 6.19. The van der Waals surface area contributed by atoms with Gasteiger partial charge in [-0.2, -0.15) is 13.2 Å². The summed E-state index contributed by atoms with van der Waals surface area (Å²) in [4.78, 5) is 11.1. The molecule has 3 aromatic carbocycles. The van der Waals surface area contributed by atoms with E-state index in [0.29, 0.717) is 22.8 Å². The Morgan fingerprint density at radius 3 is 2.41 bits per heavy atom. The van der Waals surface area contributed by atoms with Crippen molar-refractivity contribution in [3.8, 4) is 0 Å². The van der Waals surface area contributed by atoms with Gasteiger partial charge in [-0.15, -0.1) is 0 Å². The molecule has 0 bridgehead atoms. The predicted octanol–water partition coefficient (Wildman–Crippen LogP) is 7.06. The van der Waals surface area contributed by atoms with Crippen molar-refractivity contribution in [2.75, 3.05) is 10.8 Å². The highest BCUT2D eigenvalue weighted by Crippen LogP contribution is 2.38. The molecule has 1 aliphatic rings. The third kappa shape index (κ3) is 6.42. The fourth-order valence-corrected chi connectivity index (χ4v) is 6.48. The number of sulfonamides is 1. The number of rotatable bonds is 7. The van der Waals surface area contributed by atoms with E-state index in [1.165, 1.54) is 38.1 Å². The number of allylic oxidation sites excluding steroid dienone is 1. The number of alkyl halides is 3. The van der Waals surface area contributed by atoms with Crippen LogP contribution in [0.1, 0.15) is 43.0 Å². The van der Waals surface area contributed by atoms with Gasteiger partial charge in [0.05, 0.1) is 33.8 Å². The summed E-state index contributed by atoms with van der Waals surface area (Å²) in [7, 11) is -4.57. The summed E-state index contributed by atoms with van der Waals surface area (Å²) in [6, 6.07) is 12.4. The van der Waals surface area contributed by atoms with Gasteiger partial charge in [0.15, 0.2) is 5.60 Å². The van der Waals surface area contributed by atoms with E-state index in [-0.39, 0.29) is 29.2 Å². The fourth-order valence-electron chi connectivity index (χ4n) is 4.60. The van der Waals surface area contributed by atoms with Gasteiger partial charge >= 0.3 is 12.1 Å². The van der Waals surface area contributed by atoms with Crippen LogP contribution in [0, 0.1) is 5.82 Å². The maximum absolute atomic E-state index is 14.5. The first-order chi connectivity index (χ1) is 19.0. The molecule has 12 heteroatoms. The van der Waals surface area contributed by atoms with Gasteiger partial charge in [0.1, 0.15) is 5.82 Å². The van der Waals surface area contributed by atoms with Crippen molar-refractivity contribution >= 4 is 44.9 Å². The van der Waals surface area contributed by atoms with Gasteiger partial charge in [-0.3, -0.25) is 4.31 Å². The number of carboxylic acid groups (broad SMARTS) is 1. The fraction of sp³-hybridized carbons (Fsp3) is 0.276. The first kappa shape index (κ1) is 30.5. The van der Waals surface area contributed by atoms with Crippen LogP contribution in [-0.2, 0) is 32.2 Å². The van der Waals surface area contributed by atoms with E-state index in [1.807, 2.05) is 0 Å². The van der Waals surface area contributed by atoms with E-state index in [0.717, 1.165) is 22.5 Å². The maximum Gasteiger partial charge on any atom is 0.416 e. The highest BCUT2D eigenvalue weighted by molar-refractivity contribution is 7.92. The van der Waals surface area contributed by atoms with Crippen molar-refractivity contribution in [2.45, 2.75) is 50.0 Å². The van der Waals surface area contributed by atoms with Gasteiger partial charge in [-0.05, 0) is 73.9 Å². The minimum Gasteiger partial charge on any atom is -0.479 e. The summed E-state index contributed by atoms with van der Waals surface area (Å²) in [6.07, 6.45) is -3.95. The smallest absolute Gasteiger partial charge is 0.416 e. The zero-order chi connectivity index (χ0) is 30.3. The summed E-state index contributed by atoms with van der Waals surface area (Å²) in [5.41, 5.74) is -1.04. The van der Waals surface area contributed by atoms with Crippen LogP contribution in [0.25, 0.3) is 11.6 Å². The van der Waals surface area contributed by atoms with Gasteiger partial charge in [0, 0.05) is 12.0 Å². The molecule has 1 N–H and O–H groups in total. The van der Waals surface area contributed by atoms with Crippen molar-refractivity contribution in [3.63, 3.8) is 0 Å². The summed E-state index contributed by atoms with van der Waals surface area (Å²) < 4.78 is 89.0. The molecule has 1 aliphatic heterocycles. The zero-order valence-corrected chi connectivity index (χ0v) is 23.7. The van der Waals surface area contributed by atoms with Crippen molar-refractivity contribution in [1.29, 1.82) is 0 Å². The lowest BCUT2D eigenvalue weighted by Crippen LogP contribution is -2.48. The average Bonchev–Trinajstić information content (AvgIpc) is 2.87. The van der Waals surface area contributed by atoms with Gasteiger partial charge < -0.3 is 9.84 Å². The highest BCUT2D eigenvalue weighted by Gasteiger charge is 2.39. The second-order valence-corrected chi connectivity index (χ2v) is 12.4. The third-order valence-electron chi connectivity index (χ3n) is 6.66. The first-order valence-electron chi connectivity index (χ1n) is 12.4. The molecule has 218 valence electrons. The van der Waals surface area contributed by atoms with Gasteiger partial charge in [0.2, 0.25) is 0 Å². The van der Waals surface area contributed by atoms with Crippen molar-refractivity contribution in [2.24, 2.45) is 0 Å². The van der Waals surface area contributed by atoms with Crippen LogP contribution >= 0.6 is 11.6 Å². The number of carbonyl (C=O) groups is 1. The second-order valence-electron chi connectivity index (χ2n) is 10.1. The molecule has 41 heavy (non-hydrogen) atoms. The molecule has 0 saturated heterocycles. The van der Waals surface area contributed by atoms with E-state index in [1.54, 1.807) is 25.1 Å². The third-order valence-corrected chi connectivity index (χ3v) is 8.75. The number of aliphatic carboxylic acids is 1. The van der Waals surface area contributed by atoms with E-state index in [4.69, 9.17) is 16.3 Å². The number of fused-ring (bicyclic) bond motifs is 1. The monoisotopic (exact) mass is 611 g/mol. The van der Waals surface area contributed by atoms with Crippen LogP contribution in [0.15, 0.2) is 65.6 Å². The van der Waals surface area contributed by atoms with Gasteiger partial charge in [0.25, 0.3) is 10.0 Å². The Labute approximate surface area is 239 Å². The molecule has 0 spiro atoms. The molecule has 0 aliphatic carbocycles. The Morgan fingerprint density at radius 1 is 1.10 bits per heavy atom. The summed E-state index contributed by atoms with van der Waals surface area (Å²) in [5, 5.41) is 9.71. The number of hydrogen-bond acceptors (Lipinski definition) is 4. The van der Waals surface area contributed by atoms with Crippen LogP contribution in [0.5, 0.6) is 0 Å². The van der Waals surface area contributed by atoms with Crippen LogP contribution < -0.4 is 4.31 Å². The molecule has 0 radical (unpaired) electrons. The second kappa shape index (κ2) is 11.1. The maximum atomic E-state index is 14.5. The number of benzene rings is 3. The quantitative estimate of drug-likeness (QED) is 0.228. The number of carboxylic acids is 1. The van der Waals surface area contributed by atoms with Gasteiger partial charge in [-0.25, -0.2) is 17.6 Å². The highest BCUT2D eigenvalue weighted by atomic mass is 35.5. The summed E-state index contributed by atoms with van der Waals surface area (Å²) in [5.74, 6) is -1.81. The topological polar surface area (TPSA) is 83.9 Å². The minimum atomic E-state index is -4.77. The first-order valence-corrected chi connectivity index (χ1v) is 14.2. The van der Waals surface area contributed by atoms with Crippen LogP contribution in [0.2, 0.25) is 5.02 Å². The number of anilines is 1. The van der Waals surface area contributed by atoms with Crippen LogP contribution in [-0.4, -0.2) is 37.7 Å². The van der Waals surface area contributed by atoms with Gasteiger partial charge in [-0.1, -0.05) is 41.9 Å². The molecule has 1 heterocycles. The Morgan fingerprint density at radius 2 is 1.78 bits per heavy atom. The molecule has 1 atom stereocenters. The molecular formula is C29H26ClF4NO5S. The number of halogens is 5. The molecule has 0 unspecified atom stereocenters. The number of hydrogen-bond donors (Lipinski definition) is 1. The van der Waals surface area contributed by atoms with Crippen molar-refractivity contribution in [3.05, 3.63) is 93.8 Å². The SMILES string of the molecule is C/C(=C\c1ccc2c(c1)N(S(=O)(=O)c1cccc(C(F)(F)F)c1)C[C@H](OC(C)(C)C(=O)O)C2)c1c(F)cccc1Cl. The number of nitrogens with zero attached hydrogens (tertiary/aromatic N) is 1. The van der Waals surface area contributed by atoms with Crippen molar-refractivity contribution in [1.82, 2.24) is 0 Å². The number of ether oxygens (including phenoxy) is 1. The molecule has 3 aromatic rings. The van der Waals surface area contributed by atoms with Crippen molar-refractivity contribution < 1.29 is 40.6 Å². The normalized spacial score (nSPS) is 16.4. The standard InChI is InChI=1S/C29H26ClF4NO5S/c1-17(26-23(30)8-5-9-24(26)31)12-18-10-11-19-14-21(40-28(2,3)27(36)37)16-35(25(19)13-18)41(38,39)22-7-4-6-20(15-22)29(32,33)34/h4-13,15,21H,14,16H2,1-3H3,(H,36,37)/b17-12+/t21-/m1/s1. The lowest BCUT2D eigenvalue weighted by atomic mass is 9.97. The van der Waals surface area contributed by atoms with E-state index >= 15 is 0 Å². The molecule has 0 aromatic heterocycles. The molecule has 0 amide bonds. The molecule has 6 nitrogen and oxygen atoms in total. The Balaban J connectivity index is 1.83.